The van der Waals surface area contributed by atoms with Crippen LogP contribution in [0.4, 0.5) is 0 Å². The number of benzene rings is 1. The third-order valence-corrected chi connectivity index (χ3v) is 5.23. The monoisotopic (exact) mass is 388 g/mol. The Kier molecular flexibility index (Phi) is 5.16. The van der Waals surface area contributed by atoms with Crippen LogP contribution in [-0.4, -0.2) is 38.4 Å². The van der Waals surface area contributed by atoms with E-state index in [9.17, 15) is 9.59 Å². The summed E-state index contributed by atoms with van der Waals surface area (Å²) >= 11 is 0. The summed E-state index contributed by atoms with van der Waals surface area (Å²) in [6, 6.07) is 15.0. The van der Waals surface area contributed by atoms with E-state index in [0.717, 1.165) is 30.5 Å². The molecular weight excluding hydrogens is 364 g/mol. The van der Waals surface area contributed by atoms with Crippen molar-refractivity contribution in [3.8, 4) is 0 Å². The van der Waals surface area contributed by atoms with Crippen LogP contribution in [-0.2, 0) is 6.54 Å². The third kappa shape index (κ3) is 3.53. The minimum Gasteiger partial charge on any atom is -0.342 e. The molecule has 0 unspecified atom stereocenters. The highest BCUT2D eigenvalue weighted by Gasteiger charge is 2.13. The summed E-state index contributed by atoms with van der Waals surface area (Å²) < 4.78 is 3.56. The minimum atomic E-state index is -0.0827. The number of fused-ring (bicyclic) bond motifs is 3. The van der Waals surface area contributed by atoms with Crippen molar-refractivity contribution < 1.29 is 4.79 Å². The largest absolute Gasteiger partial charge is 0.342 e. The van der Waals surface area contributed by atoms with Gasteiger partial charge in [-0.25, -0.2) is 4.98 Å². The maximum atomic E-state index is 13.0. The van der Waals surface area contributed by atoms with Crippen molar-refractivity contribution in [2.24, 2.45) is 0 Å². The second-order valence-electron chi connectivity index (χ2n) is 7.28. The second-order valence-corrected chi connectivity index (χ2v) is 7.28. The Hall–Kier alpha value is -3.41. The molecule has 6 nitrogen and oxygen atoms in total. The molecule has 0 atom stereocenters. The topological polar surface area (TPSA) is 59.6 Å². The Balaban J connectivity index is 1.66. The lowest BCUT2D eigenvalue weighted by molar-refractivity contribution is 0.0793. The van der Waals surface area contributed by atoms with E-state index in [2.05, 4.69) is 11.9 Å². The van der Waals surface area contributed by atoms with Crippen LogP contribution in [0.3, 0.4) is 0 Å². The molecule has 1 amide bonds. The van der Waals surface area contributed by atoms with Crippen molar-refractivity contribution >= 4 is 22.6 Å². The molecule has 0 saturated heterocycles. The van der Waals surface area contributed by atoms with Gasteiger partial charge in [0, 0.05) is 31.5 Å². The van der Waals surface area contributed by atoms with Gasteiger partial charge >= 0.3 is 0 Å². The van der Waals surface area contributed by atoms with Crippen LogP contribution in [0.5, 0.6) is 0 Å². The molecule has 3 aromatic heterocycles. The van der Waals surface area contributed by atoms with Crippen LogP contribution >= 0.6 is 0 Å². The van der Waals surface area contributed by atoms with Gasteiger partial charge in [0.15, 0.2) is 5.65 Å². The fourth-order valence-electron chi connectivity index (χ4n) is 3.58. The molecule has 4 aromatic rings. The summed E-state index contributed by atoms with van der Waals surface area (Å²) in [4.78, 5) is 31.7. The molecule has 148 valence electrons. The van der Waals surface area contributed by atoms with E-state index in [1.165, 1.54) is 0 Å². The first kappa shape index (κ1) is 18.9. The molecule has 0 aliphatic carbocycles. The normalized spacial score (nSPS) is 11.2. The average molecular weight is 388 g/mol. The summed E-state index contributed by atoms with van der Waals surface area (Å²) in [5.74, 6) is 0.0175. The molecule has 6 heteroatoms. The third-order valence-electron chi connectivity index (χ3n) is 5.23. The lowest BCUT2D eigenvalue weighted by Gasteiger charge is -2.17. The van der Waals surface area contributed by atoms with Crippen LogP contribution in [0.2, 0.25) is 0 Å². The molecule has 4 rings (SSSR count). The van der Waals surface area contributed by atoms with Crippen molar-refractivity contribution in [1.82, 2.24) is 18.9 Å². The van der Waals surface area contributed by atoms with Gasteiger partial charge in [-0.1, -0.05) is 25.5 Å². The quantitative estimate of drug-likeness (QED) is 0.507. The summed E-state index contributed by atoms with van der Waals surface area (Å²) in [6.07, 6.45) is 5.62. The lowest BCUT2D eigenvalue weighted by Crippen LogP contribution is -2.27. The van der Waals surface area contributed by atoms with Crippen LogP contribution in [0.1, 0.15) is 35.7 Å². The van der Waals surface area contributed by atoms with E-state index in [-0.39, 0.29) is 11.5 Å². The molecule has 3 heterocycles. The second kappa shape index (κ2) is 7.91. The maximum absolute atomic E-state index is 13.0. The zero-order valence-electron chi connectivity index (χ0n) is 16.7. The SMILES string of the molecule is CCCCN(C)C(=O)c1ccc(Cn2c(=O)c3cccn3c3cccnc32)cc1. The van der Waals surface area contributed by atoms with E-state index < -0.39 is 0 Å². The van der Waals surface area contributed by atoms with Crippen LogP contribution in [0, 0.1) is 0 Å². The van der Waals surface area contributed by atoms with Gasteiger partial charge < -0.3 is 9.30 Å². The van der Waals surface area contributed by atoms with Crippen molar-refractivity contribution in [2.75, 3.05) is 13.6 Å². The van der Waals surface area contributed by atoms with Gasteiger partial charge in [0.2, 0.25) is 0 Å². The van der Waals surface area contributed by atoms with Crippen LogP contribution in [0.15, 0.2) is 65.7 Å². The number of carbonyl (C=O) groups excluding carboxylic acids is 1. The highest BCUT2D eigenvalue weighted by atomic mass is 16.2. The van der Waals surface area contributed by atoms with E-state index in [0.29, 0.717) is 23.3 Å². The summed E-state index contributed by atoms with van der Waals surface area (Å²) in [6.45, 7) is 3.26. The molecule has 0 N–H and O–H groups in total. The summed E-state index contributed by atoms with van der Waals surface area (Å²) in [7, 11) is 1.83. The Bertz CT molecular complexity index is 1220. The maximum Gasteiger partial charge on any atom is 0.276 e. The van der Waals surface area contributed by atoms with E-state index in [1.54, 1.807) is 15.7 Å². The van der Waals surface area contributed by atoms with E-state index in [1.807, 2.05) is 66.2 Å². The first-order chi connectivity index (χ1) is 14.1. The molecule has 0 saturated carbocycles. The van der Waals surface area contributed by atoms with Gasteiger partial charge in [-0.05, 0) is 48.4 Å². The van der Waals surface area contributed by atoms with Gasteiger partial charge in [-0.2, -0.15) is 0 Å². The fraction of sp³-hybridized carbons (Fsp3) is 0.261. The lowest BCUT2D eigenvalue weighted by atomic mass is 10.1. The molecule has 0 bridgehead atoms. The van der Waals surface area contributed by atoms with Crippen molar-refractivity contribution in [3.05, 3.63) is 82.4 Å². The van der Waals surface area contributed by atoms with Crippen LogP contribution in [0.25, 0.3) is 16.7 Å². The molecule has 0 aliphatic heterocycles. The highest BCUT2D eigenvalue weighted by molar-refractivity contribution is 5.94. The number of hydrogen-bond acceptors (Lipinski definition) is 3. The van der Waals surface area contributed by atoms with E-state index >= 15 is 0 Å². The van der Waals surface area contributed by atoms with Gasteiger partial charge in [0.25, 0.3) is 11.5 Å². The number of aromatic nitrogens is 3. The minimum absolute atomic E-state index is 0.0175. The zero-order valence-corrected chi connectivity index (χ0v) is 16.7. The highest BCUT2D eigenvalue weighted by Crippen LogP contribution is 2.15. The molecular formula is C23H24N4O2. The van der Waals surface area contributed by atoms with Crippen molar-refractivity contribution in [1.29, 1.82) is 0 Å². The van der Waals surface area contributed by atoms with Gasteiger partial charge in [-0.15, -0.1) is 0 Å². The van der Waals surface area contributed by atoms with E-state index in [4.69, 9.17) is 0 Å². The molecule has 0 aliphatic rings. The number of nitrogens with zero attached hydrogens (tertiary/aromatic N) is 4. The molecule has 0 radical (unpaired) electrons. The zero-order chi connectivity index (χ0) is 20.4. The number of hydrogen-bond donors (Lipinski definition) is 0. The van der Waals surface area contributed by atoms with Gasteiger partial charge in [0.1, 0.15) is 5.52 Å². The Morgan fingerprint density at radius 2 is 1.83 bits per heavy atom. The standard InChI is InChI=1S/C23H24N4O2/c1-3-4-14-25(2)22(28)18-11-9-17(10-12-18)16-27-21-19(7-5-13-24-21)26-15-6-8-20(26)23(27)29/h5-13,15H,3-4,14,16H2,1-2H3. The summed E-state index contributed by atoms with van der Waals surface area (Å²) in [5, 5.41) is 0. The number of pyridine rings is 1. The number of amides is 1. The van der Waals surface area contributed by atoms with Gasteiger partial charge in [0.05, 0.1) is 12.1 Å². The number of unbranched alkanes of at least 4 members (excludes halogenated alkanes) is 1. The Morgan fingerprint density at radius 1 is 1.07 bits per heavy atom. The van der Waals surface area contributed by atoms with Crippen molar-refractivity contribution in [2.45, 2.75) is 26.3 Å². The smallest absolute Gasteiger partial charge is 0.276 e. The molecule has 0 fully saturated rings. The molecule has 0 spiro atoms. The first-order valence-corrected chi connectivity index (χ1v) is 9.89. The fourth-order valence-corrected chi connectivity index (χ4v) is 3.58. The molecule has 1 aromatic carbocycles. The number of carbonyl (C=O) groups is 1. The van der Waals surface area contributed by atoms with Crippen LogP contribution < -0.4 is 5.56 Å². The first-order valence-electron chi connectivity index (χ1n) is 9.89. The average Bonchev–Trinajstić information content (AvgIpc) is 3.25. The Labute approximate surface area is 169 Å². The Morgan fingerprint density at radius 3 is 2.59 bits per heavy atom. The molecule has 29 heavy (non-hydrogen) atoms. The van der Waals surface area contributed by atoms with Crippen molar-refractivity contribution in [3.63, 3.8) is 0 Å². The van der Waals surface area contributed by atoms with Gasteiger partial charge in [-0.3, -0.25) is 14.2 Å². The summed E-state index contributed by atoms with van der Waals surface area (Å²) in [5.41, 5.74) is 3.67. The predicted molar refractivity (Wildman–Crippen MR) is 114 cm³/mol. The number of rotatable bonds is 6. The predicted octanol–water partition coefficient (Wildman–Crippen LogP) is 3.57.